The number of ether oxygens (including phenoxy) is 1. The minimum Gasteiger partial charge on any atom is -0.422 e. The van der Waals surface area contributed by atoms with E-state index in [4.69, 9.17) is 27.9 Å². The normalized spacial score (nSPS) is 11.6. The van der Waals surface area contributed by atoms with Crippen LogP contribution in [-0.2, 0) is 11.3 Å². The van der Waals surface area contributed by atoms with E-state index in [-0.39, 0.29) is 16.9 Å². The van der Waals surface area contributed by atoms with E-state index in [0.29, 0.717) is 27.9 Å². The molecule has 184 valence electrons. The van der Waals surface area contributed by atoms with Crippen molar-refractivity contribution in [2.75, 3.05) is 0 Å². The quantitative estimate of drug-likeness (QED) is 0.163. The number of hydrogen-bond acceptors (Lipinski definition) is 3. The van der Waals surface area contributed by atoms with Crippen LogP contribution in [0.5, 0.6) is 0 Å². The van der Waals surface area contributed by atoms with Gasteiger partial charge in [-0.2, -0.15) is 0 Å². The van der Waals surface area contributed by atoms with Gasteiger partial charge in [0.05, 0.1) is 32.2 Å². The number of imidazole rings is 1. The van der Waals surface area contributed by atoms with E-state index in [9.17, 15) is 13.6 Å². The molecule has 0 spiro atoms. The Morgan fingerprint density at radius 2 is 1.49 bits per heavy atom. The number of nitrogens with zero attached hydrogens (tertiary/aromatic N) is 2. The number of hydrogen-bond donors (Lipinski definition) is 0. The Labute approximate surface area is 221 Å². The largest absolute Gasteiger partial charge is 0.422 e. The zero-order valence-corrected chi connectivity index (χ0v) is 20.7. The summed E-state index contributed by atoms with van der Waals surface area (Å²) in [4.78, 5) is 17.6. The maximum atomic E-state index is 14.8. The first-order valence-electron chi connectivity index (χ1n) is 11.2. The van der Waals surface area contributed by atoms with Gasteiger partial charge in [-0.15, -0.1) is 0 Å². The van der Waals surface area contributed by atoms with E-state index in [0.717, 1.165) is 17.1 Å². The van der Waals surface area contributed by atoms with E-state index in [1.54, 1.807) is 18.2 Å². The van der Waals surface area contributed by atoms with Crippen molar-refractivity contribution < 1.29 is 18.3 Å². The third-order valence-electron chi connectivity index (χ3n) is 5.70. The van der Waals surface area contributed by atoms with Gasteiger partial charge in [-0.1, -0.05) is 65.7 Å². The van der Waals surface area contributed by atoms with Crippen LogP contribution in [0.3, 0.4) is 0 Å². The fraction of sp³-hybridized carbons (Fsp3) is 0.0345. The topological polar surface area (TPSA) is 44.1 Å². The molecular formula is C29H18Cl2F2N2O2. The summed E-state index contributed by atoms with van der Waals surface area (Å²) < 4.78 is 36.6. The van der Waals surface area contributed by atoms with Crippen molar-refractivity contribution in [3.63, 3.8) is 0 Å². The van der Waals surface area contributed by atoms with Crippen LogP contribution in [0.4, 0.5) is 8.78 Å². The first-order chi connectivity index (χ1) is 17.9. The van der Waals surface area contributed by atoms with Crippen LogP contribution in [-0.4, -0.2) is 15.5 Å². The number of rotatable bonds is 6. The second kappa shape index (κ2) is 10.5. The van der Waals surface area contributed by atoms with Crippen molar-refractivity contribution >= 4 is 52.0 Å². The third kappa shape index (κ3) is 5.26. The molecule has 0 N–H and O–H groups in total. The molecule has 4 nitrogen and oxygen atoms in total. The predicted molar refractivity (Wildman–Crippen MR) is 141 cm³/mol. The van der Waals surface area contributed by atoms with E-state index >= 15 is 0 Å². The molecule has 0 radical (unpaired) electrons. The number of carbonyl (C=O) groups is 1. The molecule has 0 amide bonds. The van der Waals surface area contributed by atoms with E-state index in [2.05, 4.69) is 4.98 Å². The summed E-state index contributed by atoms with van der Waals surface area (Å²) >= 11 is 12.3. The molecule has 5 rings (SSSR count). The molecule has 0 saturated carbocycles. The van der Waals surface area contributed by atoms with E-state index < -0.39 is 17.6 Å². The summed E-state index contributed by atoms with van der Waals surface area (Å²) in [6.07, 6.45) is 1.47. The highest BCUT2D eigenvalue weighted by Crippen LogP contribution is 2.28. The van der Waals surface area contributed by atoms with Crippen molar-refractivity contribution in [1.29, 1.82) is 0 Å². The number of fused-ring (bicyclic) bond motifs is 1. The highest BCUT2D eigenvalue weighted by Gasteiger charge is 2.20. The van der Waals surface area contributed by atoms with Crippen molar-refractivity contribution in [3.05, 3.63) is 135 Å². The molecule has 0 aliphatic carbocycles. The minimum absolute atomic E-state index is 0.0281. The number of benzene rings is 4. The SMILES string of the molecule is O=C(OC(=Cc1nc2ccccc2n1Cc1ccc(Cl)c(Cl)c1)c1ccccc1F)c1ccccc1F. The Morgan fingerprint density at radius 3 is 2.19 bits per heavy atom. The molecule has 37 heavy (non-hydrogen) atoms. The lowest BCUT2D eigenvalue weighted by atomic mass is 10.1. The average molecular weight is 535 g/mol. The first kappa shape index (κ1) is 24.7. The minimum atomic E-state index is -0.959. The summed E-state index contributed by atoms with van der Waals surface area (Å²) in [5, 5.41) is 0.842. The van der Waals surface area contributed by atoms with Crippen molar-refractivity contribution in [3.8, 4) is 0 Å². The number of halogens is 4. The van der Waals surface area contributed by atoms with Crippen LogP contribution in [0.15, 0.2) is 91.0 Å². The Kier molecular flexibility index (Phi) is 7.04. The van der Waals surface area contributed by atoms with Crippen LogP contribution in [0, 0.1) is 11.6 Å². The Morgan fingerprint density at radius 1 is 0.838 bits per heavy atom. The fourth-order valence-corrected chi connectivity index (χ4v) is 4.23. The second-order valence-electron chi connectivity index (χ2n) is 8.15. The molecule has 8 heteroatoms. The first-order valence-corrected chi connectivity index (χ1v) is 12.0. The molecule has 0 aliphatic heterocycles. The summed E-state index contributed by atoms with van der Waals surface area (Å²) in [5.41, 5.74) is 2.09. The highest BCUT2D eigenvalue weighted by molar-refractivity contribution is 6.42. The summed E-state index contributed by atoms with van der Waals surface area (Å²) in [6, 6.07) is 24.0. The third-order valence-corrected chi connectivity index (χ3v) is 6.44. The number of carbonyl (C=O) groups excluding carboxylic acids is 1. The summed E-state index contributed by atoms with van der Waals surface area (Å²) in [5.74, 6) is -2.03. The maximum Gasteiger partial charge on any atom is 0.346 e. The van der Waals surface area contributed by atoms with Gasteiger partial charge in [-0.05, 0) is 54.1 Å². The van der Waals surface area contributed by atoms with Crippen LogP contribution in [0.1, 0.15) is 27.3 Å². The molecule has 0 aliphatic rings. The van der Waals surface area contributed by atoms with Crippen LogP contribution in [0.2, 0.25) is 10.0 Å². The maximum absolute atomic E-state index is 14.8. The Bertz CT molecular complexity index is 1660. The van der Waals surface area contributed by atoms with Crippen molar-refractivity contribution in [2.45, 2.75) is 6.54 Å². The number of aromatic nitrogens is 2. The van der Waals surface area contributed by atoms with Gasteiger partial charge in [-0.3, -0.25) is 0 Å². The van der Waals surface area contributed by atoms with Gasteiger partial charge in [0.1, 0.15) is 23.2 Å². The van der Waals surface area contributed by atoms with Gasteiger partial charge < -0.3 is 9.30 Å². The van der Waals surface area contributed by atoms with Gasteiger partial charge in [0.15, 0.2) is 0 Å². The summed E-state index contributed by atoms with van der Waals surface area (Å²) in [7, 11) is 0. The molecule has 1 aromatic heterocycles. The second-order valence-corrected chi connectivity index (χ2v) is 8.97. The van der Waals surface area contributed by atoms with E-state index in [1.807, 2.05) is 34.9 Å². The van der Waals surface area contributed by atoms with Gasteiger partial charge in [0.2, 0.25) is 0 Å². The lowest BCUT2D eigenvalue weighted by molar-refractivity contribution is 0.0688. The molecule has 4 aromatic carbocycles. The monoisotopic (exact) mass is 534 g/mol. The zero-order chi connectivity index (χ0) is 25.9. The average Bonchev–Trinajstić information content (AvgIpc) is 3.23. The smallest absolute Gasteiger partial charge is 0.346 e. The molecule has 0 saturated heterocycles. The Hall–Kier alpha value is -4.00. The predicted octanol–water partition coefficient (Wildman–Crippen LogP) is 8.02. The Balaban J connectivity index is 1.64. The van der Waals surface area contributed by atoms with Gasteiger partial charge in [-0.25, -0.2) is 18.6 Å². The van der Waals surface area contributed by atoms with Crippen LogP contribution < -0.4 is 0 Å². The fourth-order valence-electron chi connectivity index (χ4n) is 3.91. The van der Waals surface area contributed by atoms with Crippen molar-refractivity contribution in [1.82, 2.24) is 9.55 Å². The van der Waals surface area contributed by atoms with Gasteiger partial charge >= 0.3 is 5.97 Å². The molecule has 1 heterocycles. The lowest BCUT2D eigenvalue weighted by Gasteiger charge is -2.12. The number of esters is 1. The van der Waals surface area contributed by atoms with Crippen LogP contribution >= 0.6 is 23.2 Å². The molecule has 5 aromatic rings. The van der Waals surface area contributed by atoms with Gasteiger partial charge in [0, 0.05) is 12.6 Å². The molecule has 0 bridgehead atoms. The number of para-hydroxylation sites is 2. The zero-order valence-electron chi connectivity index (χ0n) is 19.2. The van der Waals surface area contributed by atoms with Crippen molar-refractivity contribution in [2.24, 2.45) is 0 Å². The summed E-state index contributed by atoms with van der Waals surface area (Å²) in [6.45, 7) is 0.356. The lowest BCUT2D eigenvalue weighted by Crippen LogP contribution is -2.09. The molecule has 0 unspecified atom stereocenters. The van der Waals surface area contributed by atoms with Crippen LogP contribution in [0.25, 0.3) is 22.9 Å². The highest BCUT2D eigenvalue weighted by atomic mass is 35.5. The molecule has 0 fully saturated rings. The molecule has 0 atom stereocenters. The van der Waals surface area contributed by atoms with Gasteiger partial charge in [0.25, 0.3) is 0 Å². The van der Waals surface area contributed by atoms with E-state index in [1.165, 1.54) is 42.5 Å². The standard InChI is InChI=1S/C29H18Cl2F2N2O2/c30-21-14-13-18(15-22(21)31)17-35-26-12-6-5-11-25(26)34-28(35)16-27(19-7-1-3-9-23(19)32)37-29(36)20-8-2-4-10-24(20)33/h1-16H,17H2. The molecular weight excluding hydrogens is 517 g/mol.